The molecule has 0 aliphatic rings. The molecule has 0 N–H and O–H groups in total. The van der Waals surface area contributed by atoms with E-state index >= 15 is 0 Å². The van der Waals surface area contributed by atoms with Crippen LogP contribution in [0.4, 0.5) is 0 Å². The maximum absolute atomic E-state index is 5.46. The van der Waals surface area contributed by atoms with Crippen LogP contribution in [0.15, 0.2) is 27.2 Å². The van der Waals surface area contributed by atoms with E-state index in [-0.39, 0.29) is 0 Å². The van der Waals surface area contributed by atoms with Crippen molar-refractivity contribution in [1.82, 2.24) is 5.16 Å². The fraction of sp³-hybridized carbons (Fsp3) is 0.400. The Balaban J connectivity index is 2.44. The highest BCUT2D eigenvalue weighted by molar-refractivity contribution is 9.10. The summed E-state index contributed by atoms with van der Waals surface area (Å²) in [5.41, 5.74) is 1.61. The Bertz CT molecular complexity index is 593. The van der Waals surface area contributed by atoms with Gasteiger partial charge in [0.25, 0.3) is 0 Å². The predicted molar refractivity (Wildman–Crippen MR) is 81.3 cm³/mol. The lowest BCUT2D eigenvalue weighted by molar-refractivity contribution is 0.353. The number of hydrogen-bond donors (Lipinski definition) is 0. The van der Waals surface area contributed by atoms with Gasteiger partial charge < -0.3 is 14.0 Å². The van der Waals surface area contributed by atoms with Gasteiger partial charge in [-0.25, -0.2) is 0 Å². The van der Waals surface area contributed by atoms with Crippen molar-refractivity contribution in [2.24, 2.45) is 5.92 Å². The van der Waals surface area contributed by atoms with Gasteiger partial charge >= 0.3 is 0 Å². The zero-order chi connectivity index (χ0) is 14.7. The Morgan fingerprint density at radius 3 is 2.50 bits per heavy atom. The lowest BCUT2D eigenvalue weighted by Crippen LogP contribution is -1.94. The maximum atomic E-state index is 5.46. The zero-order valence-corrected chi connectivity index (χ0v) is 13.7. The highest BCUT2D eigenvalue weighted by Gasteiger charge is 2.18. The average molecular weight is 340 g/mol. The summed E-state index contributed by atoms with van der Waals surface area (Å²) >= 11 is 3.44. The molecule has 1 aromatic heterocycles. The second-order valence-electron chi connectivity index (χ2n) is 4.94. The predicted octanol–water partition coefficient (Wildman–Crippen LogP) is 4.32. The average Bonchev–Trinajstić information content (AvgIpc) is 2.85. The van der Waals surface area contributed by atoms with Gasteiger partial charge in [-0.15, -0.1) is 0 Å². The van der Waals surface area contributed by atoms with Crippen LogP contribution in [0.3, 0.4) is 0 Å². The first-order chi connectivity index (χ1) is 9.56. The third kappa shape index (κ3) is 2.98. The molecule has 2 aromatic rings. The molecule has 0 saturated heterocycles. The fourth-order valence-corrected chi connectivity index (χ4v) is 2.55. The Hall–Kier alpha value is -1.49. The largest absolute Gasteiger partial charge is 0.492 e. The van der Waals surface area contributed by atoms with Gasteiger partial charge in [0.05, 0.1) is 18.7 Å². The summed E-state index contributed by atoms with van der Waals surface area (Å²) in [5, 5.41) is 4.13. The van der Waals surface area contributed by atoms with Crippen LogP contribution in [0, 0.1) is 5.92 Å². The van der Waals surface area contributed by atoms with Crippen LogP contribution in [0.2, 0.25) is 0 Å². The van der Waals surface area contributed by atoms with Crippen LogP contribution in [0.5, 0.6) is 11.5 Å². The fourth-order valence-electron chi connectivity index (χ4n) is 2.07. The van der Waals surface area contributed by atoms with Gasteiger partial charge in [0.15, 0.2) is 11.5 Å². The number of halogens is 1. The molecule has 0 radical (unpaired) electrons. The van der Waals surface area contributed by atoms with E-state index in [1.54, 1.807) is 14.2 Å². The van der Waals surface area contributed by atoms with E-state index < -0.39 is 0 Å². The van der Waals surface area contributed by atoms with Gasteiger partial charge in [0.2, 0.25) is 0 Å². The van der Waals surface area contributed by atoms with Gasteiger partial charge in [0.1, 0.15) is 11.5 Å². The smallest absolute Gasteiger partial charge is 0.175 e. The van der Waals surface area contributed by atoms with E-state index in [0.717, 1.165) is 27.9 Å². The number of aromatic nitrogens is 1. The third-order valence-corrected chi connectivity index (χ3v) is 3.54. The molecule has 0 fully saturated rings. The van der Waals surface area contributed by atoms with E-state index in [4.69, 9.17) is 14.0 Å². The summed E-state index contributed by atoms with van der Waals surface area (Å²) in [4.78, 5) is 0. The minimum Gasteiger partial charge on any atom is -0.492 e. The molecule has 5 heteroatoms. The van der Waals surface area contributed by atoms with Crippen LogP contribution in [-0.2, 0) is 6.42 Å². The molecule has 0 bridgehead atoms. The Morgan fingerprint density at radius 1 is 1.20 bits per heavy atom. The minimum absolute atomic E-state index is 0.525. The number of ether oxygens (including phenoxy) is 2. The molecule has 0 spiro atoms. The lowest BCUT2D eigenvalue weighted by Gasteiger charge is -2.12. The van der Waals surface area contributed by atoms with Crippen molar-refractivity contribution in [3.8, 4) is 22.8 Å². The maximum Gasteiger partial charge on any atom is 0.175 e. The van der Waals surface area contributed by atoms with Gasteiger partial charge in [-0.2, -0.15) is 0 Å². The van der Waals surface area contributed by atoms with E-state index in [2.05, 4.69) is 34.9 Å². The molecule has 20 heavy (non-hydrogen) atoms. The molecule has 1 heterocycles. The quantitative estimate of drug-likeness (QED) is 0.813. The highest BCUT2D eigenvalue weighted by Crippen LogP contribution is 2.42. The van der Waals surface area contributed by atoms with Crippen molar-refractivity contribution >= 4 is 15.9 Å². The summed E-state index contributed by atoms with van der Waals surface area (Å²) in [7, 11) is 3.22. The molecule has 0 saturated carbocycles. The molecule has 0 aliphatic carbocycles. The van der Waals surface area contributed by atoms with Gasteiger partial charge in [-0.1, -0.05) is 19.0 Å². The lowest BCUT2D eigenvalue weighted by atomic mass is 10.1. The normalized spacial score (nSPS) is 10.9. The topological polar surface area (TPSA) is 44.5 Å². The number of rotatable bonds is 5. The molecule has 1 aromatic carbocycles. The van der Waals surface area contributed by atoms with Gasteiger partial charge in [-0.3, -0.25) is 0 Å². The van der Waals surface area contributed by atoms with Crippen molar-refractivity contribution in [3.63, 3.8) is 0 Å². The van der Waals surface area contributed by atoms with E-state index in [1.807, 2.05) is 18.2 Å². The van der Waals surface area contributed by atoms with E-state index in [9.17, 15) is 0 Å². The molecule has 0 aliphatic heterocycles. The Morgan fingerprint density at radius 2 is 1.90 bits per heavy atom. The monoisotopic (exact) mass is 339 g/mol. The standard InChI is InChI=1S/C15H18BrNO3/c1-9(2)7-10-8-13(17-20-10)11-5-6-12(16)15(19-4)14(11)18-3/h5-6,8-9H,7H2,1-4H3. The van der Waals surface area contributed by atoms with Crippen LogP contribution >= 0.6 is 15.9 Å². The van der Waals surface area contributed by atoms with Crippen molar-refractivity contribution < 1.29 is 14.0 Å². The third-order valence-electron chi connectivity index (χ3n) is 2.92. The second-order valence-corrected chi connectivity index (χ2v) is 5.79. The highest BCUT2D eigenvalue weighted by atomic mass is 79.9. The van der Waals surface area contributed by atoms with E-state index in [1.165, 1.54) is 0 Å². The number of hydrogen-bond acceptors (Lipinski definition) is 4. The van der Waals surface area contributed by atoms with Crippen molar-refractivity contribution in [2.45, 2.75) is 20.3 Å². The van der Waals surface area contributed by atoms with Crippen LogP contribution in [0.25, 0.3) is 11.3 Å². The first kappa shape index (κ1) is 14.9. The van der Waals surface area contributed by atoms with E-state index in [0.29, 0.717) is 17.4 Å². The second kappa shape index (κ2) is 6.31. The van der Waals surface area contributed by atoms with Gasteiger partial charge in [0, 0.05) is 18.1 Å². The molecule has 0 unspecified atom stereocenters. The van der Waals surface area contributed by atoms with Crippen LogP contribution < -0.4 is 9.47 Å². The molecule has 4 nitrogen and oxygen atoms in total. The van der Waals surface area contributed by atoms with Crippen molar-refractivity contribution in [1.29, 1.82) is 0 Å². The van der Waals surface area contributed by atoms with Crippen molar-refractivity contribution in [2.75, 3.05) is 14.2 Å². The summed E-state index contributed by atoms with van der Waals surface area (Å²) in [6.45, 7) is 4.29. The van der Waals surface area contributed by atoms with Crippen molar-refractivity contribution in [3.05, 3.63) is 28.4 Å². The van der Waals surface area contributed by atoms with Crippen LogP contribution in [-0.4, -0.2) is 19.4 Å². The zero-order valence-electron chi connectivity index (χ0n) is 12.1. The summed E-state index contributed by atoms with van der Waals surface area (Å²) in [6, 6.07) is 5.79. The van der Waals surface area contributed by atoms with Gasteiger partial charge in [-0.05, 0) is 34.0 Å². The molecular formula is C15H18BrNO3. The molecule has 0 amide bonds. The Kier molecular flexibility index (Phi) is 4.70. The minimum atomic E-state index is 0.525. The first-order valence-electron chi connectivity index (χ1n) is 6.43. The Labute approximate surface area is 127 Å². The number of benzene rings is 1. The SMILES string of the molecule is COc1c(Br)ccc(-c2cc(CC(C)C)on2)c1OC. The number of methoxy groups -OCH3 is 2. The summed E-state index contributed by atoms with van der Waals surface area (Å²) in [5.74, 6) is 2.70. The first-order valence-corrected chi connectivity index (χ1v) is 7.22. The summed E-state index contributed by atoms with van der Waals surface area (Å²) in [6.07, 6.45) is 0.864. The number of nitrogens with zero attached hydrogens (tertiary/aromatic N) is 1. The van der Waals surface area contributed by atoms with Crippen LogP contribution in [0.1, 0.15) is 19.6 Å². The molecule has 108 valence electrons. The molecular weight excluding hydrogens is 322 g/mol. The summed E-state index contributed by atoms with van der Waals surface area (Å²) < 4.78 is 17.0. The molecule has 2 rings (SSSR count). The molecule has 0 atom stereocenters.